The molecular formula is C24H33N5O. The van der Waals surface area contributed by atoms with Crippen molar-refractivity contribution in [3.8, 4) is 6.07 Å². The fourth-order valence-electron chi connectivity index (χ4n) is 4.77. The van der Waals surface area contributed by atoms with Crippen LogP contribution in [-0.4, -0.2) is 71.1 Å². The van der Waals surface area contributed by atoms with Crippen LogP contribution in [0, 0.1) is 25.2 Å². The minimum absolute atomic E-state index is 0.330. The van der Waals surface area contributed by atoms with E-state index in [0.29, 0.717) is 12.2 Å². The Morgan fingerprint density at radius 2 is 1.63 bits per heavy atom. The number of benzene rings is 1. The topological polar surface area (TPSA) is 57.3 Å². The van der Waals surface area contributed by atoms with Crippen molar-refractivity contribution < 1.29 is 4.74 Å². The van der Waals surface area contributed by atoms with E-state index < -0.39 is 0 Å². The molecule has 2 aliphatic rings. The molecule has 2 aromatic rings. The highest BCUT2D eigenvalue weighted by molar-refractivity contribution is 5.31. The van der Waals surface area contributed by atoms with Crippen molar-refractivity contribution in [1.82, 2.24) is 19.6 Å². The van der Waals surface area contributed by atoms with Gasteiger partial charge in [-0.3, -0.25) is 14.5 Å². The van der Waals surface area contributed by atoms with E-state index in [9.17, 15) is 0 Å². The third-order valence-corrected chi connectivity index (χ3v) is 6.24. The Morgan fingerprint density at radius 1 is 0.967 bits per heavy atom. The van der Waals surface area contributed by atoms with E-state index in [1.54, 1.807) is 0 Å². The predicted octanol–water partition coefficient (Wildman–Crippen LogP) is 2.78. The van der Waals surface area contributed by atoms with Crippen molar-refractivity contribution in [3.63, 3.8) is 0 Å². The molecule has 30 heavy (non-hydrogen) atoms. The van der Waals surface area contributed by atoms with Crippen LogP contribution in [0.3, 0.4) is 0 Å². The first-order valence-corrected chi connectivity index (χ1v) is 11.2. The first-order chi connectivity index (χ1) is 14.6. The van der Waals surface area contributed by atoms with Crippen LogP contribution in [0.25, 0.3) is 0 Å². The highest BCUT2D eigenvalue weighted by Crippen LogP contribution is 2.20. The van der Waals surface area contributed by atoms with Crippen LogP contribution >= 0.6 is 0 Å². The number of nitrogens with zero attached hydrogens (tertiary/aromatic N) is 5. The molecule has 4 rings (SSSR count). The maximum Gasteiger partial charge on any atom is 0.0991 e. The molecule has 3 heterocycles. The van der Waals surface area contributed by atoms with E-state index in [1.807, 2.05) is 12.1 Å². The number of fused-ring (bicyclic) bond motifs is 2. The molecule has 6 heteroatoms. The summed E-state index contributed by atoms with van der Waals surface area (Å²) in [6, 6.07) is 12.3. The molecule has 0 spiro atoms. The van der Waals surface area contributed by atoms with Gasteiger partial charge in [0.2, 0.25) is 0 Å². The summed E-state index contributed by atoms with van der Waals surface area (Å²) in [7, 11) is 0. The van der Waals surface area contributed by atoms with Gasteiger partial charge in [0.25, 0.3) is 0 Å². The second kappa shape index (κ2) is 9.74. The molecule has 2 bridgehead atoms. The maximum absolute atomic E-state index is 8.89. The molecule has 2 unspecified atom stereocenters. The molecule has 0 saturated carbocycles. The Morgan fingerprint density at radius 3 is 2.23 bits per heavy atom. The van der Waals surface area contributed by atoms with Crippen molar-refractivity contribution in [2.75, 3.05) is 39.3 Å². The lowest BCUT2D eigenvalue weighted by atomic mass is 10.1. The van der Waals surface area contributed by atoms with Crippen LogP contribution in [0.4, 0.5) is 0 Å². The quantitative estimate of drug-likeness (QED) is 0.630. The maximum atomic E-state index is 8.89. The molecule has 6 nitrogen and oxygen atoms in total. The van der Waals surface area contributed by atoms with Gasteiger partial charge in [0.15, 0.2) is 0 Å². The monoisotopic (exact) mass is 407 g/mol. The fourth-order valence-corrected chi connectivity index (χ4v) is 4.77. The summed E-state index contributed by atoms with van der Waals surface area (Å²) in [5, 5.41) is 13.5. The van der Waals surface area contributed by atoms with Crippen molar-refractivity contribution in [1.29, 1.82) is 5.26 Å². The lowest BCUT2D eigenvalue weighted by molar-refractivity contribution is -0.138. The molecule has 2 fully saturated rings. The lowest BCUT2D eigenvalue weighted by Crippen LogP contribution is -2.59. The molecule has 160 valence electrons. The Hall–Kier alpha value is -2.20. The minimum atomic E-state index is 0.330. The number of hydrogen-bond acceptors (Lipinski definition) is 5. The van der Waals surface area contributed by atoms with Gasteiger partial charge >= 0.3 is 0 Å². The molecule has 2 saturated heterocycles. The van der Waals surface area contributed by atoms with Crippen molar-refractivity contribution in [2.45, 2.75) is 51.9 Å². The third kappa shape index (κ3) is 5.48. The number of unbranched alkanes of at least 4 members (excludes halogenated alkanes) is 1. The van der Waals surface area contributed by atoms with Crippen LogP contribution in [0.2, 0.25) is 0 Å². The highest BCUT2D eigenvalue weighted by atomic mass is 16.5. The number of rotatable bonds is 8. The molecule has 0 N–H and O–H groups in total. The van der Waals surface area contributed by atoms with Crippen molar-refractivity contribution in [2.24, 2.45) is 0 Å². The van der Waals surface area contributed by atoms with Gasteiger partial charge < -0.3 is 4.74 Å². The van der Waals surface area contributed by atoms with Crippen molar-refractivity contribution >= 4 is 0 Å². The molecule has 1 aromatic carbocycles. The normalized spacial score (nSPS) is 22.2. The zero-order valence-corrected chi connectivity index (χ0v) is 18.3. The smallest absolute Gasteiger partial charge is 0.0991 e. The van der Waals surface area contributed by atoms with Crippen LogP contribution in [0.15, 0.2) is 30.3 Å². The fraction of sp³-hybridized carbons (Fsp3) is 0.583. The average Bonchev–Trinajstić information content (AvgIpc) is 3.06. The van der Waals surface area contributed by atoms with E-state index >= 15 is 0 Å². The first-order valence-electron chi connectivity index (χ1n) is 11.2. The van der Waals surface area contributed by atoms with Crippen LogP contribution < -0.4 is 0 Å². The minimum Gasteiger partial charge on any atom is -0.370 e. The van der Waals surface area contributed by atoms with E-state index in [2.05, 4.69) is 57.7 Å². The predicted molar refractivity (Wildman–Crippen MR) is 117 cm³/mol. The van der Waals surface area contributed by atoms with Gasteiger partial charge in [-0.25, -0.2) is 0 Å². The second-order valence-electron chi connectivity index (χ2n) is 8.82. The summed E-state index contributed by atoms with van der Waals surface area (Å²) < 4.78 is 8.35. The summed E-state index contributed by atoms with van der Waals surface area (Å²) in [5.41, 5.74) is 4.41. The van der Waals surface area contributed by atoms with Gasteiger partial charge in [-0.15, -0.1) is 0 Å². The summed E-state index contributed by atoms with van der Waals surface area (Å²) in [6.07, 6.45) is 4.14. The largest absolute Gasteiger partial charge is 0.370 e. The Kier molecular flexibility index (Phi) is 6.83. The number of hydrogen-bond donors (Lipinski definition) is 0. The number of nitriles is 1. The number of ether oxygens (including phenoxy) is 1. The zero-order chi connectivity index (χ0) is 20.9. The Labute approximate surface area is 180 Å². The van der Waals surface area contributed by atoms with Gasteiger partial charge in [-0.05, 0) is 63.4 Å². The highest BCUT2D eigenvalue weighted by Gasteiger charge is 2.34. The summed E-state index contributed by atoms with van der Waals surface area (Å²) in [6.45, 7) is 11.5. The van der Waals surface area contributed by atoms with E-state index in [4.69, 9.17) is 10.00 Å². The second-order valence-corrected chi connectivity index (χ2v) is 8.82. The van der Waals surface area contributed by atoms with Gasteiger partial charge in [0.05, 0.1) is 36.1 Å². The summed E-state index contributed by atoms with van der Waals surface area (Å²) in [5.74, 6) is 0. The zero-order valence-electron chi connectivity index (χ0n) is 18.3. The third-order valence-electron chi connectivity index (χ3n) is 6.24. The van der Waals surface area contributed by atoms with Crippen LogP contribution in [0.5, 0.6) is 0 Å². The van der Waals surface area contributed by atoms with Crippen LogP contribution in [-0.2, 0) is 17.7 Å². The van der Waals surface area contributed by atoms with Gasteiger partial charge in [0, 0.05) is 38.4 Å². The molecule has 2 aliphatic heterocycles. The number of morpholine rings is 2. The van der Waals surface area contributed by atoms with Crippen molar-refractivity contribution in [3.05, 3.63) is 52.8 Å². The number of aryl methyl sites for hydroxylation is 3. The molecule has 0 radical (unpaired) electrons. The molecular weight excluding hydrogens is 374 g/mol. The average molecular weight is 408 g/mol. The molecule has 0 amide bonds. The summed E-state index contributed by atoms with van der Waals surface area (Å²) >= 11 is 0. The van der Waals surface area contributed by atoms with Gasteiger partial charge in [-0.1, -0.05) is 12.1 Å². The first kappa shape index (κ1) is 21.0. The SMILES string of the molecule is Cc1cc(C)n(CCN2CC3CN(CCCCc4ccc(C#N)cc4)CC(C2)O3)n1. The molecule has 0 aliphatic carbocycles. The Bertz CT molecular complexity index is 855. The van der Waals surface area contributed by atoms with E-state index in [-0.39, 0.29) is 0 Å². The van der Waals surface area contributed by atoms with Gasteiger partial charge in [0.1, 0.15) is 0 Å². The lowest BCUT2D eigenvalue weighted by Gasteiger charge is -2.46. The van der Waals surface area contributed by atoms with E-state index in [0.717, 1.165) is 63.5 Å². The standard InChI is InChI=1S/C24H33N5O/c1-19-13-20(2)29(26-19)12-11-28-17-23-15-27(16-24(18-28)30-23)10-4-3-5-21-6-8-22(14-25)9-7-21/h6-9,13,23-24H,3-5,10-12,15-18H2,1-2H3. The van der Waals surface area contributed by atoms with E-state index in [1.165, 1.54) is 24.1 Å². The number of aromatic nitrogens is 2. The summed E-state index contributed by atoms with van der Waals surface area (Å²) in [4.78, 5) is 5.15. The Balaban J connectivity index is 1.17. The molecule has 1 aromatic heterocycles. The van der Waals surface area contributed by atoms with Gasteiger partial charge in [-0.2, -0.15) is 10.4 Å². The van der Waals surface area contributed by atoms with Crippen LogP contribution in [0.1, 0.15) is 35.4 Å². The molecule has 2 atom stereocenters.